The first kappa shape index (κ1) is 13.9. The van der Waals surface area contributed by atoms with Crippen molar-refractivity contribution in [1.82, 2.24) is 9.97 Å². The highest BCUT2D eigenvalue weighted by Gasteiger charge is 2.08. The Morgan fingerprint density at radius 2 is 1.94 bits per heavy atom. The first-order valence-electron chi connectivity index (χ1n) is 6.40. The average molecular weight is 237 g/mol. The van der Waals surface area contributed by atoms with Crippen molar-refractivity contribution < 1.29 is 4.74 Å². The van der Waals surface area contributed by atoms with Gasteiger partial charge in [-0.1, -0.05) is 6.92 Å². The quantitative estimate of drug-likeness (QED) is 0.740. The van der Waals surface area contributed by atoms with Crippen molar-refractivity contribution in [3.8, 4) is 0 Å². The standard InChI is InChI=1S/C13H23N3O/c1-5-11-10(4)13(14-6-2)16-12(15-11)8-9-17-7-3/h5-9H2,1-4H3,(H,14,15,16). The number of nitrogens with zero attached hydrogens (tertiary/aromatic N) is 2. The van der Waals surface area contributed by atoms with E-state index in [0.717, 1.165) is 48.9 Å². The van der Waals surface area contributed by atoms with Crippen LogP contribution in [0.3, 0.4) is 0 Å². The van der Waals surface area contributed by atoms with E-state index < -0.39 is 0 Å². The summed E-state index contributed by atoms with van der Waals surface area (Å²) in [6.45, 7) is 10.6. The molecule has 0 aliphatic rings. The molecule has 0 aromatic carbocycles. The molecule has 1 aromatic heterocycles. The minimum absolute atomic E-state index is 0.689. The van der Waals surface area contributed by atoms with E-state index in [4.69, 9.17) is 4.74 Å². The molecule has 0 saturated heterocycles. The maximum absolute atomic E-state index is 5.34. The summed E-state index contributed by atoms with van der Waals surface area (Å²) in [7, 11) is 0. The number of hydrogen-bond acceptors (Lipinski definition) is 4. The second-order valence-corrected chi connectivity index (χ2v) is 3.89. The number of hydrogen-bond donors (Lipinski definition) is 1. The van der Waals surface area contributed by atoms with E-state index in [-0.39, 0.29) is 0 Å². The number of nitrogens with one attached hydrogen (secondary N) is 1. The van der Waals surface area contributed by atoms with E-state index in [1.54, 1.807) is 0 Å². The molecular weight excluding hydrogens is 214 g/mol. The van der Waals surface area contributed by atoms with Crippen LogP contribution in [-0.2, 0) is 17.6 Å². The van der Waals surface area contributed by atoms with Crippen LogP contribution in [0.2, 0.25) is 0 Å². The fraction of sp³-hybridized carbons (Fsp3) is 0.692. The molecule has 0 atom stereocenters. The molecule has 0 aliphatic heterocycles. The predicted molar refractivity (Wildman–Crippen MR) is 70.5 cm³/mol. The monoisotopic (exact) mass is 237 g/mol. The summed E-state index contributed by atoms with van der Waals surface area (Å²) in [4.78, 5) is 9.11. The summed E-state index contributed by atoms with van der Waals surface area (Å²) in [6, 6.07) is 0. The first-order chi connectivity index (χ1) is 8.22. The van der Waals surface area contributed by atoms with Crippen molar-refractivity contribution >= 4 is 5.82 Å². The lowest BCUT2D eigenvalue weighted by molar-refractivity contribution is 0.149. The maximum Gasteiger partial charge on any atom is 0.133 e. The molecule has 0 amide bonds. The zero-order valence-corrected chi connectivity index (χ0v) is 11.3. The van der Waals surface area contributed by atoms with Crippen molar-refractivity contribution in [2.75, 3.05) is 25.1 Å². The van der Waals surface area contributed by atoms with Gasteiger partial charge in [-0.15, -0.1) is 0 Å². The molecule has 0 unspecified atom stereocenters. The van der Waals surface area contributed by atoms with Crippen LogP contribution in [0.4, 0.5) is 5.82 Å². The Hall–Kier alpha value is -1.16. The maximum atomic E-state index is 5.34. The first-order valence-corrected chi connectivity index (χ1v) is 6.40. The molecule has 1 heterocycles. The smallest absolute Gasteiger partial charge is 0.133 e. The Bertz CT molecular complexity index is 353. The Morgan fingerprint density at radius 1 is 1.18 bits per heavy atom. The van der Waals surface area contributed by atoms with Crippen LogP contribution in [0.1, 0.15) is 37.9 Å². The van der Waals surface area contributed by atoms with Crippen LogP contribution in [0.15, 0.2) is 0 Å². The normalized spacial score (nSPS) is 10.6. The Balaban J connectivity index is 2.86. The number of aromatic nitrogens is 2. The summed E-state index contributed by atoms with van der Waals surface area (Å²) >= 11 is 0. The molecule has 0 saturated carbocycles. The highest BCUT2D eigenvalue weighted by molar-refractivity contribution is 5.45. The molecule has 96 valence electrons. The van der Waals surface area contributed by atoms with Crippen LogP contribution in [0.5, 0.6) is 0 Å². The molecule has 1 aromatic rings. The van der Waals surface area contributed by atoms with Gasteiger partial charge in [0.05, 0.1) is 6.61 Å². The highest BCUT2D eigenvalue weighted by Crippen LogP contribution is 2.16. The van der Waals surface area contributed by atoms with Crippen molar-refractivity contribution in [2.45, 2.75) is 40.5 Å². The van der Waals surface area contributed by atoms with Crippen LogP contribution in [-0.4, -0.2) is 29.7 Å². The molecule has 1 N–H and O–H groups in total. The topological polar surface area (TPSA) is 47.0 Å². The van der Waals surface area contributed by atoms with Gasteiger partial charge in [0.25, 0.3) is 0 Å². The van der Waals surface area contributed by atoms with E-state index in [0.29, 0.717) is 6.61 Å². The van der Waals surface area contributed by atoms with Crippen molar-refractivity contribution in [1.29, 1.82) is 0 Å². The van der Waals surface area contributed by atoms with Gasteiger partial charge in [-0.05, 0) is 27.2 Å². The van der Waals surface area contributed by atoms with Gasteiger partial charge in [-0.25, -0.2) is 9.97 Å². The molecular formula is C13H23N3O. The van der Waals surface area contributed by atoms with Crippen molar-refractivity contribution in [3.63, 3.8) is 0 Å². The van der Waals surface area contributed by atoms with Crippen LogP contribution >= 0.6 is 0 Å². The lowest BCUT2D eigenvalue weighted by Gasteiger charge is -2.12. The number of anilines is 1. The fourth-order valence-corrected chi connectivity index (χ4v) is 1.72. The Labute approximate surface area is 104 Å². The van der Waals surface area contributed by atoms with Crippen molar-refractivity contribution in [3.05, 3.63) is 17.1 Å². The second kappa shape index (κ2) is 7.22. The molecule has 0 radical (unpaired) electrons. The number of ether oxygens (including phenoxy) is 1. The Kier molecular flexibility index (Phi) is 5.91. The van der Waals surface area contributed by atoms with Gasteiger partial charge in [0.2, 0.25) is 0 Å². The minimum atomic E-state index is 0.689. The average Bonchev–Trinajstić information content (AvgIpc) is 2.33. The lowest BCUT2D eigenvalue weighted by atomic mass is 10.2. The molecule has 4 nitrogen and oxygen atoms in total. The second-order valence-electron chi connectivity index (χ2n) is 3.89. The largest absolute Gasteiger partial charge is 0.381 e. The number of aryl methyl sites for hydroxylation is 1. The molecule has 0 bridgehead atoms. The van der Waals surface area contributed by atoms with Crippen LogP contribution < -0.4 is 5.32 Å². The van der Waals surface area contributed by atoms with Gasteiger partial charge < -0.3 is 10.1 Å². The molecule has 1 rings (SSSR count). The summed E-state index contributed by atoms with van der Waals surface area (Å²) in [5.74, 6) is 1.84. The van der Waals surface area contributed by atoms with Gasteiger partial charge in [0, 0.05) is 30.8 Å². The molecule has 4 heteroatoms. The van der Waals surface area contributed by atoms with Crippen LogP contribution in [0, 0.1) is 6.92 Å². The minimum Gasteiger partial charge on any atom is -0.381 e. The Morgan fingerprint density at radius 3 is 2.53 bits per heavy atom. The van der Waals surface area contributed by atoms with E-state index in [1.165, 1.54) is 0 Å². The third kappa shape index (κ3) is 3.97. The van der Waals surface area contributed by atoms with Gasteiger partial charge in [-0.3, -0.25) is 0 Å². The summed E-state index contributed by atoms with van der Waals surface area (Å²) < 4.78 is 5.34. The predicted octanol–water partition coefficient (Wildman–Crippen LogP) is 2.36. The van der Waals surface area contributed by atoms with Gasteiger partial charge in [0.15, 0.2) is 0 Å². The third-order valence-electron chi connectivity index (χ3n) is 2.65. The van der Waals surface area contributed by atoms with Gasteiger partial charge >= 0.3 is 0 Å². The zero-order chi connectivity index (χ0) is 12.7. The van der Waals surface area contributed by atoms with Gasteiger partial charge in [0.1, 0.15) is 11.6 Å². The van der Waals surface area contributed by atoms with E-state index >= 15 is 0 Å². The molecule has 17 heavy (non-hydrogen) atoms. The SMILES string of the molecule is CCNc1nc(CCOCC)nc(CC)c1C. The summed E-state index contributed by atoms with van der Waals surface area (Å²) in [5, 5.41) is 3.29. The molecule has 0 fully saturated rings. The van der Waals surface area contributed by atoms with E-state index in [2.05, 4.69) is 36.1 Å². The molecule has 0 spiro atoms. The van der Waals surface area contributed by atoms with E-state index in [9.17, 15) is 0 Å². The number of rotatable bonds is 7. The fourth-order valence-electron chi connectivity index (χ4n) is 1.72. The van der Waals surface area contributed by atoms with E-state index in [1.807, 2.05) is 6.92 Å². The lowest BCUT2D eigenvalue weighted by Crippen LogP contribution is -2.11. The molecule has 0 aliphatic carbocycles. The van der Waals surface area contributed by atoms with Crippen LogP contribution in [0.25, 0.3) is 0 Å². The highest BCUT2D eigenvalue weighted by atomic mass is 16.5. The summed E-state index contributed by atoms with van der Waals surface area (Å²) in [5.41, 5.74) is 2.29. The summed E-state index contributed by atoms with van der Waals surface area (Å²) in [6.07, 6.45) is 1.72. The van der Waals surface area contributed by atoms with Gasteiger partial charge in [-0.2, -0.15) is 0 Å². The van der Waals surface area contributed by atoms with Crippen molar-refractivity contribution in [2.24, 2.45) is 0 Å². The zero-order valence-electron chi connectivity index (χ0n) is 11.3. The third-order valence-corrected chi connectivity index (χ3v) is 2.65.